The van der Waals surface area contributed by atoms with Gasteiger partial charge >= 0.3 is 5.91 Å². The Bertz CT molecular complexity index is 463. The molecule has 1 rings (SSSR count). The second kappa shape index (κ2) is 8.14. The molecule has 0 spiro atoms. The molecule has 0 saturated heterocycles. The number of anilines is 1. The highest BCUT2D eigenvalue weighted by atomic mass is 16.1. The molecule has 0 aromatic heterocycles. The Morgan fingerprint density at radius 1 is 1.22 bits per heavy atom. The second-order valence-electron chi connectivity index (χ2n) is 3.96. The summed E-state index contributed by atoms with van der Waals surface area (Å²) in [4.78, 5) is 11.6. The summed E-state index contributed by atoms with van der Waals surface area (Å²) in [6, 6.07) is 9.35. The van der Waals surface area contributed by atoms with Crippen LogP contribution in [0.4, 0.5) is 5.69 Å². The number of rotatable bonds is 4. The Morgan fingerprint density at radius 3 is 2.56 bits per heavy atom. The van der Waals surface area contributed by atoms with Crippen molar-refractivity contribution in [3.05, 3.63) is 42.0 Å². The number of carbonyl (C=O) groups excluding carboxylic acids is 1. The summed E-state index contributed by atoms with van der Waals surface area (Å²) in [7, 11) is 0. The van der Waals surface area contributed by atoms with Crippen LogP contribution in [0.1, 0.15) is 33.1 Å². The first-order chi connectivity index (χ1) is 8.76. The number of nitrogens with one attached hydrogen (secondary N) is 1. The molecule has 0 aliphatic rings. The third kappa shape index (κ3) is 5.36. The van der Waals surface area contributed by atoms with E-state index in [9.17, 15) is 4.79 Å². The van der Waals surface area contributed by atoms with Crippen molar-refractivity contribution in [1.82, 2.24) is 0 Å². The quantitative estimate of drug-likeness (QED) is 0.799. The van der Waals surface area contributed by atoms with Crippen LogP contribution in [-0.4, -0.2) is 5.91 Å². The first-order valence-corrected chi connectivity index (χ1v) is 6.33. The molecule has 1 aromatic carbocycles. The van der Waals surface area contributed by atoms with Gasteiger partial charge in [-0.1, -0.05) is 50.5 Å². The average molecular weight is 241 g/mol. The highest BCUT2D eigenvalue weighted by Gasteiger charge is 1.96. The molecule has 1 aromatic rings. The van der Waals surface area contributed by atoms with Gasteiger partial charge in [-0.15, -0.1) is 0 Å². The predicted octanol–water partition coefficient (Wildman–Crippen LogP) is 3.77. The lowest BCUT2D eigenvalue weighted by Gasteiger charge is -1.99. The van der Waals surface area contributed by atoms with Crippen molar-refractivity contribution < 1.29 is 4.79 Å². The summed E-state index contributed by atoms with van der Waals surface area (Å²) in [5.41, 5.74) is 1.82. The number of benzene rings is 1. The van der Waals surface area contributed by atoms with Crippen molar-refractivity contribution in [2.75, 3.05) is 5.32 Å². The lowest BCUT2D eigenvalue weighted by Crippen LogP contribution is -2.08. The number of hydrogen-bond acceptors (Lipinski definition) is 1. The van der Waals surface area contributed by atoms with Gasteiger partial charge in [-0.25, -0.2) is 0 Å². The van der Waals surface area contributed by atoms with Crippen molar-refractivity contribution in [3.63, 3.8) is 0 Å². The van der Waals surface area contributed by atoms with Crippen molar-refractivity contribution in [3.8, 4) is 11.8 Å². The minimum atomic E-state index is -0.265. The molecule has 0 heterocycles. The van der Waals surface area contributed by atoms with Crippen molar-refractivity contribution in [2.24, 2.45) is 0 Å². The van der Waals surface area contributed by atoms with Crippen LogP contribution in [0.25, 0.3) is 0 Å². The summed E-state index contributed by atoms with van der Waals surface area (Å²) in [6.07, 6.45) is 5.00. The van der Waals surface area contributed by atoms with Gasteiger partial charge in [-0.05, 0) is 30.5 Å². The van der Waals surface area contributed by atoms with E-state index in [2.05, 4.69) is 37.1 Å². The Hall–Kier alpha value is -2.01. The average Bonchev–Trinajstić information content (AvgIpc) is 2.38. The van der Waals surface area contributed by atoms with Gasteiger partial charge in [0.1, 0.15) is 0 Å². The highest BCUT2D eigenvalue weighted by Crippen LogP contribution is 2.06. The van der Waals surface area contributed by atoms with Crippen LogP contribution in [-0.2, 0) is 4.79 Å². The molecule has 1 amide bonds. The van der Waals surface area contributed by atoms with Gasteiger partial charge in [0, 0.05) is 11.6 Å². The third-order valence-electron chi connectivity index (χ3n) is 2.34. The zero-order chi connectivity index (χ0) is 13.2. The van der Waals surface area contributed by atoms with E-state index >= 15 is 0 Å². The lowest BCUT2D eigenvalue weighted by molar-refractivity contribution is -0.111. The molecular formula is C16H19NO. The Labute approximate surface area is 109 Å². The fourth-order valence-corrected chi connectivity index (χ4v) is 1.55. The predicted molar refractivity (Wildman–Crippen MR) is 76.1 cm³/mol. The Morgan fingerprint density at radius 2 is 1.94 bits per heavy atom. The minimum Gasteiger partial charge on any atom is -0.315 e. The molecule has 0 bridgehead atoms. The summed E-state index contributed by atoms with van der Waals surface area (Å²) in [5, 5.41) is 2.74. The molecule has 0 saturated carbocycles. The van der Waals surface area contributed by atoms with Gasteiger partial charge in [-0.2, -0.15) is 0 Å². The molecule has 1 N–H and O–H groups in total. The summed E-state index contributed by atoms with van der Waals surface area (Å²) < 4.78 is 0. The number of carbonyl (C=O) groups is 1. The van der Waals surface area contributed by atoms with E-state index in [1.54, 1.807) is 0 Å². The van der Waals surface area contributed by atoms with Crippen LogP contribution in [0.2, 0.25) is 0 Å². The standard InChI is InChI=1S/C16H19NO/c1-3-8-14(9-4-2)12-13-16(18)17-15-10-6-5-7-11-15/h5-8,10-11H,3-4,9H2,1-2H3,(H,17,18). The van der Waals surface area contributed by atoms with Gasteiger partial charge in [-0.3, -0.25) is 4.79 Å². The van der Waals surface area contributed by atoms with E-state index in [0.717, 1.165) is 30.5 Å². The van der Waals surface area contributed by atoms with Crippen molar-refractivity contribution in [2.45, 2.75) is 33.1 Å². The normalized spacial score (nSPS) is 10.4. The number of hydrogen-bond donors (Lipinski definition) is 1. The first kappa shape index (κ1) is 14.1. The zero-order valence-electron chi connectivity index (χ0n) is 11.0. The molecule has 94 valence electrons. The molecule has 2 nitrogen and oxygen atoms in total. The SMILES string of the molecule is CCC=C(C#CC(=O)Nc1ccccc1)CCC. The maximum absolute atomic E-state index is 11.6. The van der Waals surface area contributed by atoms with Gasteiger partial charge in [0.15, 0.2) is 0 Å². The van der Waals surface area contributed by atoms with Gasteiger partial charge in [0.2, 0.25) is 0 Å². The minimum absolute atomic E-state index is 0.265. The topological polar surface area (TPSA) is 29.1 Å². The smallest absolute Gasteiger partial charge is 0.300 e. The van der Waals surface area contributed by atoms with Crippen LogP contribution in [0, 0.1) is 11.8 Å². The number of allylic oxidation sites excluding steroid dienone is 2. The second-order valence-corrected chi connectivity index (χ2v) is 3.96. The van der Waals surface area contributed by atoms with E-state index in [1.165, 1.54) is 0 Å². The molecule has 0 radical (unpaired) electrons. The maximum Gasteiger partial charge on any atom is 0.300 e. The third-order valence-corrected chi connectivity index (χ3v) is 2.34. The molecule has 0 unspecified atom stereocenters. The van der Waals surface area contributed by atoms with Gasteiger partial charge in [0.25, 0.3) is 0 Å². The monoisotopic (exact) mass is 241 g/mol. The lowest BCUT2D eigenvalue weighted by atomic mass is 10.1. The van der Waals surface area contributed by atoms with Gasteiger partial charge < -0.3 is 5.32 Å². The molecule has 0 atom stereocenters. The maximum atomic E-state index is 11.6. The van der Waals surface area contributed by atoms with E-state index in [1.807, 2.05) is 30.3 Å². The number of para-hydroxylation sites is 1. The first-order valence-electron chi connectivity index (χ1n) is 6.33. The summed E-state index contributed by atoms with van der Waals surface area (Å²) in [5.74, 6) is 5.31. The molecule has 18 heavy (non-hydrogen) atoms. The zero-order valence-corrected chi connectivity index (χ0v) is 11.0. The van der Waals surface area contributed by atoms with Crippen molar-refractivity contribution >= 4 is 11.6 Å². The Balaban J connectivity index is 2.62. The number of amides is 1. The van der Waals surface area contributed by atoms with E-state index < -0.39 is 0 Å². The van der Waals surface area contributed by atoms with E-state index in [-0.39, 0.29) is 5.91 Å². The molecule has 0 aliphatic carbocycles. The van der Waals surface area contributed by atoms with Crippen LogP contribution in [0.5, 0.6) is 0 Å². The van der Waals surface area contributed by atoms with E-state index in [4.69, 9.17) is 0 Å². The summed E-state index contributed by atoms with van der Waals surface area (Å²) >= 11 is 0. The Kier molecular flexibility index (Phi) is 6.35. The molecule has 0 aliphatic heterocycles. The summed E-state index contributed by atoms with van der Waals surface area (Å²) in [6.45, 7) is 4.18. The fourth-order valence-electron chi connectivity index (χ4n) is 1.55. The highest BCUT2D eigenvalue weighted by molar-refractivity contribution is 6.04. The van der Waals surface area contributed by atoms with Crippen LogP contribution in [0.15, 0.2) is 42.0 Å². The largest absolute Gasteiger partial charge is 0.315 e. The fraction of sp³-hybridized carbons (Fsp3) is 0.312. The van der Waals surface area contributed by atoms with Crippen molar-refractivity contribution in [1.29, 1.82) is 0 Å². The van der Waals surface area contributed by atoms with E-state index in [0.29, 0.717) is 0 Å². The molecule has 2 heteroatoms. The van der Waals surface area contributed by atoms with Gasteiger partial charge in [0.05, 0.1) is 0 Å². The molecular weight excluding hydrogens is 222 g/mol. The van der Waals surface area contributed by atoms with Crippen LogP contribution in [0.3, 0.4) is 0 Å². The van der Waals surface area contributed by atoms with Crippen LogP contribution >= 0.6 is 0 Å². The van der Waals surface area contributed by atoms with Crippen LogP contribution < -0.4 is 5.32 Å². The molecule has 0 fully saturated rings.